The smallest absolute Gasteiger partial charge is 0.257 e. The summed E-state index contributed by atoms with van der Waals surface area (Å²) in [5.74, 6) is 0. The molecule has 0 aliphatic rings. The van der Waals surface area contributed by atoms with Gasteiger partial charge in [-0.25, -0.2) is 8.42 Å². The normalized spacial score (nSPS) is 9.85. The van der Waals surface area contributed by atoms with Gasteiger partial charge >= 0.3 is 0 Å². The van der Waals surface area contributed by atoms with Crippen LogP contribution in [0, 0.1) is 17.9 Å². The summed E-state index contributed by atoms with van der Waals surface area (Å²) in [4.78, 5) is 0. The number of nitrogens with zero attached hydrogens (tertiary/aromatic N) is 1. The molecule has 0 bridgehead atoms. The van der Waals surface area contributed by atoms with Crippen molar-refractivity contribution >= 4 is 11.0 Å². The molecule has 1 aromatic carbocycles. The molecule has 0 heterocycles. The van der Waals surface area contributed by atoms with Gasteiger partial charge in [-0.1, -0.05) is 12.1 Å². The quantitative estimate of drug-likeness (QED) is 0.719. The van der Waals surface area contributed by atoms with Crippen LogP contribution in [0.2, 0.25) is 0 Å². The van der Waals surface area contributed by atoms with Crippen molar-refractivity contribution in [2.24, 2.45) is 0 Å². The Balaban J connectivity index is 2.73. The topological polar surface area (TPSA) is 67.2 Å². The van der Waals surface area contributed by atoms with Crippen molar-refractivity contribution in [2.75, 3.05) is 0 Å². The van der Waals surface area contributed by atoms with Gasteiger partial charge in [0.1, 0.15) is 6.61 Å². The van der Waals surface area contributed by atoms with Crippen LogP contribution in [0.1, 0.15) is 11.1 Å². The summed E-state index contributed by atoms with van der Waals surface area (Å²) >= 11 is 0. The Morgan fingerprint density at radius 3 is 2.85 bits per heavy atom. The lowest BCUT2D eigenvalue weighted by atomic mass is 10.1. The van der Waals surface area contributed by atoms with Gasteiger partial charge in [0.05, 0.1) is 11.6 Å². The highest BCUT2D eigenvalue weighted by atomic mass is 32.2. The Kier molecular flexibility index (Phi) is 3.43. The van der Waals surface area contributed by atoms with E-state index in [-0.39, 0.29) is 0 Å². The number of rotatable bonds is 3. The van der Waals surface area contributed by atoms with Gasteiger partial charge in [0.2, 0.25) is 0 Å². The Morgan fingerprint density at radius 1 is 1.46 bits per heavy atom. The zero-order chi connectivity index (χ0) is 9.68. The second-order valence-corrected chi connectivity index (χ2v) is 2.84. The van der Waals surface area contributed by atoms with Gasteiger partial charge in [0.25, 0.3) is 11.0 Å². The summed E-state index contributed by atoms with van der Waals surface area (Å²) in [6, 6.07) is 8.36. The van der Waals surface area contributed by atoms with Crippen molar-refractivity contribution in [3.05, 3.63) is 42.0 Å². The van der Waals surface area contributed by atoms with Crippen LogP contribution in [0.15, 0.2) is 24.3 Å². The lowest BCUT2D eigenvalue weighted by Crippen LogP contribution is -1.88. The van der Waals surface area contributed by atoms with E-state index in [4.69, 9.17) is 5.26 Å². The minimum absolute atomic E-state index is 0.457. The molecule has 0 aliphatic carbocycles. The number of hydrogen-bond donors (Lipinski definition) is 1. The summed E-state index contributed by atoms with van der Waals surface area (Å²) in [7, 11) is -2.88. The Bertz CT molecular complexity index is 398. The van der Waals surface area contributed by atoms with Crippen molar-refractivity contribution in [1.29, 1.82) is 5.26 Å². The van der Waals surface area contributed by atoms with Gasteiger partial charge in [0, 0.05) is 0 Å². The van der Waals surface area contributed by atoms with Crippen LogP contribution < -0.4 is 0 Å². The van der Waals surface area contributed by atoms with Crippen LogP contribution in [0.5, 0.6) is 0 Å². The average molecular weight is 196 g/mol. The predicted octanol–water partition coefficient (Wildman–Crippen LogP) is 0.611. The van der Waals surface area contributed by atoms with Gasteiger partial charge in [-0.2, -0.15) is 5.26 Å². The molecule has 0 atom stereocenters. The Hall–Kier alpha value is -1.38. The molecule has 67 valence electrons. The molecule has 1 radical (unpaired) electrons. The van der Waals surface area contributed by atoms with Crippen LogP contribution >= 0.6 is 0 Å². The molecule has 0 saturated carbocycles. The fourth-order valence-corrected chi connectivity index (χ4v) is 0.993. The van der Waals surface area contributed by atoms with Crippen molar-refractivity contribution in [3.8, 4) is 6.07 Å². The molecule has 5 heteroatoms. The molecule has 0 spiro atoms. The Morgan fingerprint density at radius 2 is 2.23 bits per heavy atom. The van der Waals surface area contributed by atoms with Gasteiger partial charge in [-0.05, 0) is 17.7 Å². The molecule has 0 saturated heterocycles. The summed E-state index contributed by atoms with van der Waals surface area (Å²) in [5, 5.41) is 8.52. The molecule has 1 rings (SSSR count). The van der Waals surface area contributed by atoms with Gasteiger partial charge in [-0.3, -0.25) is 4.18 Å². The zero-order valence-electron chi connectivity index (χ0n) is 6.51. The van der Waals surface area contributed by atoms with Crippen LogP contribution in [-0.4, -0.2) is 8.42 Å². The summed E-state index contributed by atoms with van der Waals surface area (Å²) in [5.41, 5.74) is 0.997. The molecule has 0 amide bonds. The Labute approximate surface area is 77.5 Å². The first-order chi connectivity index (χ1) is 6.22. The SMILES string of the molecule is N#Cc1cccc([CH]O[SH](=O)=O)c1. The van der Waals surface area contributed by atoms with Crippen LogP contribution in [0.3, 0.4) is 0 Å². The lowest BCUT2D eigenvalue weighted by Gasteiger charge is -1.96. The van der Waals surface area contributed by atoms with E-state index in [1.165, 1.54) is 6.07 Å². The third kappa shape index (κ3) is 3.23. The van der Waals surface area contributed by atoms with E-state index in [0.717, 1.165) is 6.61 Å². The van der Waals surface area contributed by atoms with E-state index in [9.17, 15) is 8.42 Å². The zero-order valence-corrected chi connectivity index (χ0v) is 7.40. The molecular weight excluding hydrogens is 190 g/mol. The van der Waals surface area contributed by atoms with Crippen molar-refractivity contribution < 1.29 is 12.6 Å². The second-order valence-electron chi connectivity index (χ2n) is 2.18. The molecule has 0 unspecified atom stereocenters. The first-order valence-electron chi connectivity index (χ1n) is 3.37. The molecule has 13 heavy (non-hydrogen) atoms. The number of nitriles is 1. The monoisotopic (exact) mass is 196 g/mol. The first-order valence-corrected chi connectivity index (χ1v) is 4.46. The van der Waals surface area contributed by atoms with Crippen molar-refractivity contribution in [1.82, 2.24) is 0 Å². The van der Waals surface area contributed by atoms with Crippen LogP contribution in [-0.2, 0) is 15.2 Å². The van der Waals surface area contributed by atoms with E-state index < -0.39 is 11.0 Å². The third-order valence-electron chi connectivity index (χ3n) is 1.29. The van der Waals surface area contributed by atoms with Crippen molar-refractivity contribution in [3.63, 3.8) is 0 Å². The van der Waals surface area contributed by atoms with Crippen LogP contribution in [0.25, 0.3) is 0 Å². The highest BCUT2D eigenvalue weighted by Gasteiger charge is 1.96. The van der Waals surface area contributed by atoms with E-state index in [2.05, 4.69) is 4.18 Å². The van der Waals surface area contributed by atoms with E-state index in [1.54, 1.807) is 18.2 Å². The summed E-state index contributed by atoms with van der Waals surface area (Å²) in [6.45, 7) is 1.08. The molecule has 0 fully saturated rings. The molecule has 1 aromatic rings. The standard InChI is InChI=1S/C8H6NO3S/c9-5-7-2-1-3-8(4-7)6-12-13(10)11/h1-4,6,13H. The predicted molar refractivity (Wildman–Crippen MR) is 46.0 cm³/mol. The summed E-state index contributed by atoms with van der Waals surface area (Å²) < 4.78 is 24.3. The molecule has 0 aliphatic heterocycles. The molecule has 0 aromatic heterocycles. The maximum Gasteiger partial charge on any atom is 0.257 e. The molecular formula is C8H6NO3S. The number of hydrogen-bond acceptors (Lipinski definition) is 4. The number of thiol groups is 1. The minimum atomic E-state index is -2.88. The molecule has 0 N–H and O–H groups in total. The highest BCUT2D eigenvalue weighted by Crippen LogP contribution is 2.06. The summed E-state index contributed by atoms with van der Waals surface area (Å²) in [6.07, 6.45) is 0. The lowest BCUT2D eigenvalue weighted by molar-refractivity contribution is 0.429. The first kappa shape index (κ1) is 9.71. The third-order valence-corrected chi connectivity index (χ3v) is 1.57. The fraction of sp³-hybridized carbons (Fsp3) is 0. The van der Waals surface area contributed by atoms with Crippen LogP contribution in [0.4, 0.5) is 0 Å². The highest BCUT2D eigenvalue weighted by molar-refractivity contribution is 7.67. The van der Waals surface area contributed by atoms with Gasteiger partial charge < -0.3 is 0 Å². The van der Waals surface area contributed by atoms with Crippen molar-refractivity contribution in [2.45, 2.75) is 0 Å². The maximum absolute atomic E-state index is 10.0. The van der Waals surface area contributed by atoms with E-state index in [0.29, 0.717) is 11.1 Å². The second kappa shape index (κ2) is 4.60. The van der Waals surface area contributed by atoms with Gasteiger partial charge in [-0.15, -0.1) is 0 Å². The largest absolute Gasteiger partial charge is 0.261 e. The number of benzene rings is 1. The molecule has 4 nitrogen and oxygen atoms in total. The maximum atomic E-state index is 10.0. The van der Waals surface area contributed by atoms with E-state index in [1.807, 2.05) is 6.07 Å². The fourth-order valence-electron chi connectivity index (χ4n) is 0.785. The minimum Gasteiger partial charge on any atom is -0.261 e. The average Bonchev–Trinajstić information content (AvgIpc) is 2.15. The van der Waals surface area contributed by atoms with Gasteiger partial charge in [0.15, 0.2) is 0 Å². The van der Waals surface area contributed by atoms with E-state index >= 15 is 0 Å².